The molecule has 3 rings (SSSR count). The molecular weight excluding hydrogens is 584 g/mol. The fraction of sp³-hybridized carbons (Fsp3) is 0.240. The molecule has 0 aliphatic rings. The number of anilines is 1. The van der Waals surface area contributed by atoms with E-state index in [1.54, 1.807) is 48.4 Å². The molecule has 0 bridgehead atoms. The maximum atomic E-state index is 13.4. The summed E-state index contributed by atoms with van der Waals surface area (Å²) in [4.78, 5) is 15.3. The molecule has 0 saturated carbocycles. The fourth-order valence-electron chi connectivity index (χ4n) is 3.63. The minimum atomic E-state index is -3.82. The van der Waals surface area contributed by atoms with Gasteiger partial charge in [-0.1, -0.05) is 41.1 Å². The third kappa shape index (κ3) is 6.00. The highest BCUT2D eigenvalue weighted by atomic mass is 79.9. The van der Waals surface area contributed by atoms with Gasteiger partial charge in [-0.25, -0.2) is 8.42 Å². The van der Waals surface area contributed by atoms with Gasteiger partial charge in [0.1, 0.15) is 10.6 Å². The van der Waals surface area contributed by atoms with E-state index in [9.17, 15) is 13.2 Å². The summed E-state index contributed by atoms with van der Waals surface area (Å²) in [6.07, 6.45) is 0.796. The zero-order valence-electron chi connectivity index (χ0n) is 19.1. The number of carbonyl (C=O) groups excluding carboxylic acids is 1. The minimum Gasteiger partial charge on any atom is -0.496 e. The summed E-state index contributed by atoms with van der Waals surface area (Å²) < 4.78 is 34.8. The van der Waals surface area contributed by atoms with Crippen molar-refractivity contribution in [2.45, 2.75) is 31.2 Å². The van der Waals surface area contributed by atoms with Gasteiger partial charge in [0.15, 0.2) is 0 Å². The molecule has 3 aromatic rings. The average Bonchev–Trinajstić information content (AvgIpc) is 2.83. The zero-order valence-corrected chi connectivity index (χ0v) is 23.1. The Balaban J connectivity index is 1.83. The summed E-state index contributed by atoms with van der Waals surface area (Å²) in [6.45, 7) is 4.57. The normalized spacial score (nSPS) is 12.1. The SMILES string of the molecule is CCCN(C(=O)c1ccc(NS(=O)(=O)c2cc(Br)ccc2Br)cc1)C(C)c1ccccc1OC. The van der Waals surface area contributed by atoms with Gasteiger partial charge in [0.25, 0.3) is 15.9 Å². The van der Waals surface area contributed by atoms with E-state index in [1.165, 1.54) is 6.07 Å². The van der Waals surface area contributed by atoms with Crippen LogP contribution in [0.15, 0.2) is 80.6 Å². The van der Waals surface area contributed by atoms with Gasteiger partial charge in [0, 0.05) is 32.3 Å². The molecule has 1 atom stereocenters. The molecule has 0 spiro atoms. The van der Waals surface area contributed by atoms with Crippen LogP contribution in [0.25, 0.3) is 0 Å². The quantitative estimate of drug-likeness (QED) is 0.295. The van der Waals surface area contributed by atoms with Crippen molar-refractivity contribution < 1.29 is 17.9 Å². The van der Waals surface area contributed by atoms with Crippen molar-refractivity contribution >= 4 is 53.5 Å². The number of carbonyl (C=O) groups is 1. The van der Waals surface area contributed by atoms with E-state index < -0.39 is 10.0 Å². The minimum absolute atomic E-state index is 0.113. The Morgan fingerprint density at radius 3 is 2.38 bits per heavy atom. The van der Waals surface area contributed by atoms with Crippen molar-refractivity contribution in [1.82, 2.24) is 4.90 Å². The number of amides is 1. The average molecular weight is 610 g/mol. The Bertz CT molecular complexity index is 1260. The molecule has 0 radical (unpaired) electrons. The summed E-state index contributed by atoms with van der Waals surface area (Å²) in [5, 5.41) is 0. The first-order chi connectivity index (χ1) is 16.2. The Morgan fingerprint density at radius 2 is 1.74 bits per heavy atom. The first-order valence-electron chi connectivity index (χ1n) is 10.7. The predicted molar refractivity (Wildman–Crippen MR) is 142 cm³/mol. The number of halogens is 2. The Morgan fingerprint density at radius 1 is 1.06 bits per heavy atom. The number of hydrogen-bond donors (Lipinski definition) is 1. The summed E-state index contributed by atoms with van der Waals surface area (Å²) in [5.41, 5.74) is 1.76. The standard InChI is InChI=1S/C25H26Br2N2O4S/c1-4-15-29(17(2)21-7-5-6-8-23(21)33-3)25(30)18-9-12-20(13-10-18)28-34(31,32)24-16-19(26)11-14-22(24)27/h5-14,16-17,28H,4,15H2,1-3H3. The maximum Gasteiger partial charge on any atom is 0.263 e. The molecule has 9 heteroatoms. The number of hydrogen-bond acceptors (Lipinski definition) is 4. The highest BCUT2D eigenvalue weighted by molar-refractivity contribution is 9.11. The second-order valence-electron chi connectivity index (χ2n) is 7.67. The highest BCUT2D eigenvalue weighted by Gasteiger charge is 2.24. The van der Waals surface area contributed by atoms with Gasteiger partial charge in [-0.15, -0.1) is 0 Å². The number of sulfonamides is 1. The smallest absolute Gasteiger partial charge is 0.263 e. The van der Waals surface area contributed by atoms with Gasteiger partial charge in [0.2, 0.25) is 0 Å². The van der Waals surface area contributed by atoms with Crippen LogP contribution in [0.5, 0.6) is 5.75 Å². The van der Waals surface area contributed by atoms with Gasteiger partial charge in [-0.2, -0.15) is 0 Å². The van der Waals surface area contributed by atoms with Crippen LogP contribution in [0.4, 0.5) is 5.69 Å². The van der Waals surface area contributed by atoms with E-state index in [4.69, 9.17) is 4.74 Å². The lowest BCUT2D eigenvalue weighted by molar-refractivity contribution is 0.0689. The van der Waals surface area contributed by atoms with Gasteiger partial charge in [-0.3, -0.25) is 9.52 Å². The summed E-state index contributed by atoms with van der Waals surface area (Å²) in [6, 6.07) is 18.8. The lowest BCUT2D eigenvalue weighted by atomic mass is 10.0. The number of methoxy groups -OCH3 is 1. The molecule has 0 heterocycles. The van der Waals surface area contributed by atoms with Crippen LogP contribution in [0, 0.1) is 0 Å². The second-order valence-corrected chi connectivity index (χ2v) is 11.1. The van der Waals surface area contributed by atoms with Crippen LogP contribution in [0.1, 0.15) is 42.2 Å². The Hall–Kier alpha value is -2.36. The van der Waals surface area contributed by atoms with Gasteiger partial charge in [0.05, 0.1) is 13.2 Å². The lowest BCUT2D eigenvalue weighted by Gasteiger charge is -2.30. The summed E-state index contributed by atoms with van der Waals surface area (Å²) in [5.74, 6) is 0.594. The molecule has 34 heavy (non-hydrogen) atoms. The molecule has 0 aromatic heterocycles. The van der Waals surface area contributed by atoms with Crippen LogP contribution in [0.2, 0.25) is 0 Å². The third-order valence-electron chi connectivity index (χ3n) is 5.35. The van der Waals surface area contributed by atoms with E-state index >= 15 is 0 Å². The Labute approximate surface area is 217 Å². The van der Waals surface area contributed by atoms with Gasteiger partial charge < -0.3 is 9.64 Å². The number of para-hydroxylation sites is 1. The van der Waals surface area contributed by atoms with Crippen molar-refractivity contribution in [3.63, 3.8) is 0 Å². The van der Waals surface area contributed by atoms with Crippen molar-refractivity contribution in [2.75, 3.05) is 18.4 Å². The highest BCUT2D eigenvalue weighted by Crippen LogP contribution is 2.31. The largest absolute Gasteiger partial charge is 0.496 e. The van der Waals surface area contributed by atoms with Crippen LogP contribution < -0.4 is 9.46 Å². The fourth-order valence-corrected chi connectivity index (χ4v) is 6.19. The molecule has 1 unspecified atom stereocenters. The molecule has 3 aromatic carbocycles. The molecular formula is C25H26Br2N2O4S. The zero-order chi connectivity index (χ0) is 24.9. The van der Waals surface area contributed by atoms with Gasteiger partial charge in [-0.05, 0) is 77.8 Å². The summed E-state index contributed by atoms with van der Waals surface area (Å²) in [7, 11) is -2.20. The van der Waals surface area contributed by atoms with Crippen LogP contribution in [-0.2, 0) is 10.0 Å². The molecule has 0 saturated heterocycles. The number of nitrogens with one attached hydrogen (secondary N) is 1. The number of rotatable bonds is 9. The third-order valence-corrected chi connectivity index (χ3v) is 8.22. The van der Waals surface area contributed by atoms with E-state index in [0.29, 0.717) is 26.7 Å². The molecule has 0 aliphatic heterocycles. The van der Waals surface area contributed by atoms with Crippen LogP contribution >= 0.6 is 31.9 Å². The maximum absolute atomic E-state index is 13.4. The predicted octanol–water partition coefficient (Wildman–Crippen LogP) is 6.63. The number of nitrogens with zero attached hydrogens (tertiary/aromatic N) is 1. The van der Waals surface area contributed by atoms with E-state index in [0.717, 1.165) is 17.7 Å². The second kappa shape index (κ2) is 11.4. The molecule has 0 fully saturated rings. The van der Waals surface area contributed by atoms with Crippen molar-refractivity contribution in [2.24, 2.45) is 0 Å². The van der Waals surface area contributed by atoms with Crippen LogP contribution in [-0.4, -0.2) is 32.9 Å². The van der Waals surface area contributed by atoms with E-state index in [-0.39, 0.29) is 16.8 Å². The molecule has 6 nitrogen and oxygen atoms in total. The monoisotopic (exact) mass is 608 g/mol. The molecule has 1 amide bonds. The van der Waals surface area contributed by atoms with Crippen molar-refractivity contribution in [3.8, 4) is 5.75 Å². The lowest BCUT2D eigenvalue weighted by Crippen LogP contribution is -2.34. The number of ether oxygens (including phenoxy) is 1. The topological polar surface area (TPSA) is 75.7 Å². The number of benzene rings is 3. The Kier molecular flexibility index (Phi) is 8.78. The van der Waals surface area contributed by atoms with E-state index in [2.05, 4.69) is 36.6 Å². The van der Waals surface area contributed by atoms with Crippen molar-refractivity contribution in [3.05, 3.63) is 86.8 Å². The summed E-state index contributed by atoms with van der Waals surface area (Å²) >= 11 is 6.59. The van der Waals surface area contributed by atoms with Crippen molar-refractivity contribution in [1.29, 1.82) is 0 Å². The first kappa shape index (κ1) is 26.2. The molecule has 0 aliphatic carbocycles. The van der Waals surface area contributed by atoms with Gasteiger partial charge >= 0.3 is 0 Å². The van der Waals surface area contributed by atoms with Crippen LogP contribution in [0.3, 0.4) is 0 Å². The van der Waals surface area contributed by atoms with E-state index in [1.807, 2.05) is 38.1 Å². The molecule has 180 valence electrons. The molecule has 1 N–H and O–H groups in total. The first-order valence-corrected chi connectivity index (χ1v) is 13.8.